The second-order valence-electron chi connectivity index (χ2n) is 7.37. The molecule has 1 aromatic heterocycles. The van der Waals surface area contributed by atoms with Gasteiger partial charge in [0.05, 0.1) is 17.4 Å². The standard InChI is InChI=1S/C18H20F3N3O2/c1-23-9-10-6-12(24-4-2-11(3-5-24)18(19,20)21)7-14(16(10)22-23)13-8-15(13)17(25)26/h6-7,9,11,13,15H,2-5,8H2,1H3,(H,25,26)/t13-,15+/m0/s1. The zero-order chi connectivity index (χ0) is 18.6. The number of fused-ring (bicyclic) bond motifs is 1. The van der Waals surface area contributed by atoms with E-state index in [1.165, 1.54) is 0 Å². The fourth-order valence-corrected chi connectivity index (χ4v) is 4.01. The van der Waals surface area contributed by atoms with Crippen molar-refractivity contribution in [3.8, 4) is 0 Å². The number of anilines is 1. The predicted molar refractivity (Wildman–Crippen MR) is 90.2 cm³/mol. The van der Waals surface area contributed by atoms with Gasteiger partial charge in [-0.3, -0.25) is 9.48 Å². The van der Waals surface area contributed by atoms with E-state index in [9.17, 15) is 23.1 Å². The van der Waals surface area contributed by atoms with Gasteiger partial charge in [0.1, 0.15) is 0 Å². The largest absolute Gasteiger partial charge is 0.481 e. The van der Waals surface area contributed by atoms with Crippen molar-refractivity contribution < 1.29 is 23.1 Å². The molecule has 1 aliphatic carbocycles. The van der Waals surface area contributed by atoms with Gasteiger partial charge in [0.15, 0.2) is 0 Å². The van der Waals surface area contributed by atoms with Crippen LogP contribution in [-0.2, 0) is 11.8 Å². The summed E-state index contributed by atoms with van der Waals surface area (Å²) in [5.41, 5.74) is 2.54. The van der Waals surface area contributed by atoms with E-state index in [1.807, 2.05) is 23.2 Å². The number of halogens is 3. The van der Waals surface area contributed by atoms with Crippen molar-refractivity contribution in [1.29, 1.82) is 0 Å². The molecule has 4 rings (SSSR count). The van der Waals surface area contributed by atoms with E-state index in [0.717, 1.165) is 22.2 Å². The molecule has 0 radical (unpaired) electrons. The Kier molecular flexibility index (Phi) is 3.89. The molecule has 8 heteroatoms. The van der Waals surface area contributed by atoms with Gasteiger partial charge < -0.3 is 10.0 Å². The minimum absolute atomic E-state index is 0.0717. The molecule has 1 aliphatic heterocycles. The highest BCUT2D eigenvalue weighted by Crippen LogP contribution is 2.50. The molecule has 26 heavy (non-hydrogen) atoms. The Bertz CT molecular complexity index is 853. The van der Waals surface area contributed by atoms with E-state index in [0.29, 0.717) is 19.5 Å². The summed E-state index contributed by atoms with van der Waals surface area (Å²) in [5, 5.41) is 14.6. The van der Waals surface area contributed by atoms with Crippen LogP contribution in [0.5, 0.6) is 0 Å². The lowest BCUT2D eigenvalue weighted by atomic mass is 9.95. The maximum absolute atomic E-state index is 12.9. The van der Waals surface area contributed by atoms with Gasteiger partial charge in [-0.2, -0.15) is 18.3 Å². The molecule has 2 aromatic rings. The first-order valence-electron chi connectivity index (χ1n) is 8.76. The molecule has 1 saturated carbocycles. The smallest absolute Gasteiger partial charge is 0.391 e. The summed E-state index contributed by atoms with van der Waals surface area (Å²) in [6.07, 6.45) is -1.51. The molecule has 140 valence electrons. The second kappa shape index (κ2) is 5.89. The Morgan fingerprint density at radius 2 is 1.96 bits per heavy atom. The minimum atomic E-state index is -4.13. The summed E-state index contributed by atoms with van der Waals surface area (Å²) in [6.45, 7) is 0.699. The van der Waals surface area contributed by atoms with Gasteiger partial charge in [0, 0.05) is 43.3 Å². The van der Waals surface area contributed by atoms with Gasteiger partial charge in [-0.1, -0.05) is 0 Å². The van der Waals surface area contributed by atoms with Gasteiger partial charge in [0.2, 0.25) is 0 Å². The Morgan fingerprint density at radius 1 is 1.27 bits per heavy atom. The van der Waals surface area contributed by atoms with Gasteiger partial charge in [-0.05, 0) is 37.0 Å². The van der Waals surface area contributed by atoms with E-state index in [4.69, 9.17) is 0 Å². The Labute approximate surface area is 148 Å². The highest BCUT2D eigenvalue weighted by Gasteiger charge is 2.46. The third-order valence-corrected chi connectivity index (χ3v) is 5.57. The lowest BCUT2D eigenvalue weighted by Gasteiger charge is -2.34. The van der Waals surface area contributed by atoms with Crippen molar-refractivity contribution in [2.45, 2.75) is 31.4 Å². The van der Waals surface area contributed by atoms with E-state index in [2.05, 4.69) is 5.10 Å². The van der Waals surface area contributed by atoms with E-state index in [1.54, 1.807) is 11.7 Å². The van der Waals surface area contributed by atoms with Crippen molar-refractivity contribution in [2.24, 2.45) is 18.9 Å². The van der Waals surface area contributed by atoms with Crippen LogP contribution in [0.2, 0.25) is 0 Å². The number of rotatable bonds is 3. The molecule has 0 unspecified atom stereocenters. The first-order valence-corrected chi connectivity index (χ1v) is 8.76. The molecule has 1 N–H and O–H groups in total. The first kappa shape index (κ1) is 17.2. The molecule has 2 heterocycles. The molecule has 2 atom stereocenters. The third kappa shape index (κ3) is 3.01. The average molecular weight is 367 g/mol. The van der Waals surface area contributed by atoms with Gasteiger partial charge in [-0.15, -0.1) is 0 Å². The maximum atomic E-state index is 12.9. The Morgan fingerprint density at radius 3 is 2.54 bits per heavy atom. The van der Waals surface area contributed by atoms with Gasteiger partial charge in [0.25, 0.3) is 0 Å². The SMILES string of the molecule is Cn1cc2cc(N3CCC(C(F)(F)F)CC3)cc([C@@H]3C[C@H]3C(=O)O)c2n1. The van der Waals surface area contributed by atoms with E-state index < -0.39 is 24.0 Å². The Balaban J connectivity index is 1.63. The predicted octanol–water partition coefficient (Wildman–Crippen LogP) is 3.54. The number of aliphatic carboxylic acids is 1. The Hall–Kier alpha value is -2.25. The number of piperidine rings is 1. The number of aromatic nitrogens is 2. The number of carboxylic acids is 1. The lowest BCUT2D eigenvalue weighted by molar-refractivity contribution is -0.179. The quantitative estimate of drug-likeness (QED) is 0.902. The molecule has 1 aromatic carbocycles. The summed E-state index contributed by atoms with van der Waals surface area (Å²) in [7, 11) is 1.81. The molecule has 1 saturated heterocycles. The van der Waals surface area contributed by atoms with Crippen LogP contribution >= 0.6 is 0 Å². The maximum Gasteiger partial charge on any atom is 0.391 e. The molecule has 0 amide bonds. The number of carbonyl (C=O) groups is 1. The van der Waals surface area contributed by atoms with Crippen LogP contribution in [0.15, 0.2) is 18.3 Å². The van der Waals surface area contributed by atoms with Crippen LogP contribution in [0.4, 0.5) is 18.9 Å². The molecule has 0 bridgehead atoms. The van der Waals surface area contributed by atoms with E-state index in [-0.39, 0.29) is 18.8 Å². The van der Waals surface area contributed by atoms with E-state index >= 15 is 0 Å². The van der Waals surface area contributed by atoms with Gasteiger partial charge in [-0.25, -0.2) is 0 Å². The van der Waals surface area contributed by atoms with Crippen molar-refractivity contribution >= 4 is 22.6 Å². The van der Waals surface area contributed by atoms with Crippen molar-refractivity contribution in [2.75, 3.05) is 18.0 Å². The monoisotopic (exact) mass is 367 g/mol. The average Bonchev–Trinajstić information content (AvgIpc) is 3.28. The molecular weight excluding hydrogens is 347 g/mol. The van der Waals surface area contributed by atoms with Crippen molar-refractivity contribution in [3.63, 3.8) is 0 Å². The van der Waals surface area contributed by atoms with Gasteiger partial charge >= 0.3 is 12.1 Å². The van der Waals surface area contributed by atoms with Crippen LogP contribution in [0.25, 0.3) is 10.9 Å². The highest BCUT2D eigenvalue weighted by atomic mass is 19.4. The van der Waals surface area contributed by atoms with Crippen LogP contribution in [0.1, 0.15) is 30.7 Å². The molecule has 0 spiro atoms. The summed E-state index contributed by atoms with van der Waals surface area (Å²) in [5.74, 6) is -2.51. The normalized spacial score (nSPS) is 24.2. The zero-order valence-corrected chi connectivity index (χ0v) is 14.3. The fourth-order valence-electron chi connectivity index (χ4n) is 4.01. The minimum Gasteiger partial charge on any atom is -0.481 e. The van der Waals surface area contributed by atoms with Crippen LogP contribution in [-0.4, -0.2) is 40.1 Å². The number of aryl methyl sites for hydroxylation is 1. The topological polar surface area (TPSA) is 58.4 Å². The summed E-state index contributed by atoms with van der Waals surface area (Å²) in [4.78, 5) is 13.2. The zero-order valence-electron chi connectivity index (χ0n) is 14.3. The second-order valence-corrected chi connectivity index (χ2v) is 7.37. The summed E-state index contributed by atoms with van der Waals surface area (Å²) < 4.78 is 40.4. The lowest BCUT2D eigenvalue weighted by Crippen LogP contribution is -2.39. The fraction of sp³-hybridized carbons (Fsp3) is 0.556. The number of benzene rings is 1. The van der Waals surface area contributed by atoms with Crippen molar-refractivity contribution in [3.05, 3.63) is 23.9 Å². The van der Waals surface area contributed by atoms with Crippen molar-refractivity contribution in [1.82, 2.24) is 9.78 Å². The number of nitrogens with zero attached hydrogens (tertiary/aromatic N) is 3. The molecule has 2 fully saturated rings. The number of hydrogen-bond donors (Lipinski definition) is 1. The summed E-state index contributed by atoms with van der Waals surface area (Å²) >= 11 is 0. The van der Waals surface area contributed by atoms with Crippen LogP contribution in [0, 0.1) is 11.8 Å². The third-order valence-electron chi connectivity index (χ3n) is 5.57. The van der Waals surface area contributed by atoms with Crippen LogP contribution in [0.3, 0.4) is 0 Å². The highest BCUT2D eigenvalue weighted by molar-refractivity contribution is 5.88. The molecular formula is C18H20F3N3O2. The first-order chi connectivity index (χ1) is 12.2. The number of carboxylic acid groups (broad SMARTS) is 1. The summed E-state index contributed by atoms with van der Waals surface area (Å²) in [6, 6.07) is 3.87. The number of hydrogen-bond acceptors (Lipinski definition) is 3. The molecule has 5 nitrogen and oxygen atoms in total. The van der Waals surface area contributed by atoms with Crippen LogP contribution < -0.4 is 4.90 Å². The number of alkyl halides is 3. The molecule has 2 aliphatic rings.